The van der Waals surface area contributed by atoms with Crippen LogP contribution in [0.5, 0.6) is 0 Å². The molecule has 2 nitrogen and oxygen atoms in total. The van der Waals surface area contributed by atoms with Crippen LogP contribution < -0.4 is 0 Å². The third kappa shape index (κ3) is 8.12. The minimum atomic E-state index is 0.347. The molecule has 0 radical (unpaired) electrons. The van der Waals surface area contributed by atoms with Crippen molar-refractivity contribution >= 4 is 11.8 Å². The van der Waals surface area contributed by atoms with Gasteiger partial charge in [0.15, 0.2) is 0 Å². The van der Waals surface area contributed by atoms with E-state index < -0.39 is 0 Å². The monoisotopic (exact) mass is 233 g/mol. The van der Waals surface area contributed by atoms with E-state index in [1.54, 1.807) is 0 Å². The highest BCUT2D eigenvalue weighted by atomic mass is 32.2. The first-order chi connectivity index (χ1) is 7.26. The van der Waals surface area contributed by atoms with Gasteiger partial charge < -0.3 is 10.0 Å². The average molecular weight is 233 g/mol. The molecule has 0 aliphatic carbocycles. The van der Waals surface area contributed by atoms with Gasteiger partial charge in [0.05, 0.1) is 0 Å². The van der Waals surface area contributed by atoms with Crippen LogP contribution in [0.25, 0.3) is 0 Å². The number of aliphatic hydroxyl groups is 1. The molecule has 15 heavy (non-hydrogen) atoms. The Hall–Kier alpha value is 0.270. The van der Waals surface area contributed by atoms with Crippen LogP contribution in [0.2, 0.25) is 0 Å². The summed E-state index contributed by atoms with van der Waals surface area (Å²) in [6.45, 7) is 3.81. The molecule has 0 aromatic carbocycles. The van der Waals surface area contributed by atoms with Gasteiger partial charge >= 0.3 is 0 Å². The van der Waals surface area contributed by atoms with Crippen LogP contribution in [0, 0.1) is 0 Å². The number of rotatable bonds is 10. The molecule has 0 bridgehead atoms. The molecule has 1 N–H and O–H groups in total. The van der Waals surface area contributed by atoms with Crippen molar-refractivity contribution in [3.05, 3.63) is 0 Å². The van der Waals surface area contributed by atoms with Gasteiger partial charge in [0.25, 0.3) is 0 Å². The summed E-state index contributed by atoms with van der Waals surface area (Å²) in [7, 11) is 2.23. The van der Waals surface area contributed by atoms with Crippen LogP contribution >= 0.6 is 11.8 Å². The fourth-order valence-electron chi connectivity index (χ4n) is 1.76. The van der Waals surface area contributed by atoms with Crippen molar-refractivity contribution < 1.29 is 5.11 Å². The molecular formula is C12H27NOS. The molecule has 1 unspecified atom stereocenters. The highest BCUT2D eigenvalue weighted by molar-refractivity contribution is 7.98. The van der Waals surface area contributed by atoms with Crippen LogP contribution in [-0.2, 0) is 0 Å². The molecule has 0 heterocycles. The summed E-state index contributed by atoms with van der Waals surface area (Å²) in [5.74, 6) is 1.24. The van der Waals surface area contributed by atoms with Gasteiger partial charge in [-0.3, -0.25) is 0 Å². The van der Waals surface area contributed by atoms with Crippen molar-refractivity contribution in [3.63, 3.8) is 0 Å². The van der Waals surface area contributed by atoms with Gasteiger partial charge in [-0.15, -0.1) is 0 Å². The summed E-state index contributed by atoms with van der Waals surface area (Å²) in [4.78, 5) is 2.48. The van der Waals surface area contributed by atoms with E-state index in [0.29, 0.717) is 6.61 Å². The highest BCUT2D eigenvalue weighted by Crippen LogP contribution is 2.10. The van der Waals surface area contributed by atoms with Crippen LogP contribution in [0.1, 0.15) is 39.0 Å². The number of aliphatic hydroxyl groups excluding tert-OH is 1. The molecule has 92 valence electrons. The largest absolute Gasteiger partial charge is 0.396 e. The van der Waals surface area contributed by atoms with Crippen molar-refractivity contribution in [1.29, 1.82) is 0 Å². The first-order valence-corrected chi connectivity index (χ1v) is 7.45. The number of unbranched alkanes of at least 4 members (excludes halogenated alkanes) is 3. The maximum atomic E-state index is 8.66. The maximum Gasteiger partial charge on any atom is 0.0431 e. The van der Waals surface area contributed by atoms with Gasteiger partial charge in [0.2, 0.25) is 0 Å². The minimum Gasteiger partial charge on any atom is -0.396 e. The Morgan fingerprint density at radius 1 is 1.20 bits per heavy atom. The van der Waals surface area contributed by atoms with Gasteiger partial charge in [-0.1, -0.05) is 19.8 Å². The molecular weight excluding hydrogens is 206 g/mol. The first-order valence-electron chi connectivity index (χ1n) is 6.06. The van der Waals surface area contributed by atoms with Crippen LogP contribution in [0.15, 0.2) is 0 Å². The van der Waals surface area contributed by atoms with Crippen LogP contribution in [-0.4, -0.2) is 48.3 Å². The van der Waals surface area contributed by atoms with Gasteiger partial charge in [0.1, 0.15) is 0 Å². The van der Waals surface area contributed by atoms with Gasteiger partial charge in [0, 0.05) is 18.4 Å². The van der Waals surface area contributed by atoms with Crippen molar-refractivity contribution in [1.82, 2.24) is 4.90 Å². The Kier molecular flexibility index (Phi) is 11.0. The zero-order valence-electron chi connectivity index (χ0n) is 10.5. The first kappa shape index (κ1) is 15.3. The molecule has 0 aromatic heterocycles. The molecule has 0 amide bonds. The molecule has 0 aromatic rings. The summed E-state index contributed by atoms with van der Waals surface area (Å²) < 4.78 is 0. The van der Waals surface area contributed by atoms with Gasteiger partial charge in [-0.25, -0.2) is 0 Å². The van der Waals surface area contributed by atoms with E-state index in [4.69, 9.17) is 5.11 Å². The molecule has 0 saturated carbocycles. The molecule has 0 spiro atoms. The summed E-state index contributed by atoms with van der Waals surface area (Å²) >= 11 is 1.94. The maximum absolute atomic E-state index is 8.66. The van der Waals surface area contributed by atoms with Crippen molar-refractivity contribution in [3.8, 4) is 0 Å². The number of nitrogens with zero attached hydrogens (tertiary/aromatic N) is 1. The lowest BCUT2D eigenvalue weighted by Crippen LogP contribution is -2.33. The zero-order valence-corrected chi connectivity index (χ0v) is 11.4. The van der Waals surface area contributed by atoms with E-state index in [1.165, 1.54) is 38.0 Å². The summed E-state index contributed by atoms with van der Waals surface area (Å²) in [5.41, 5.74) is 0. The molecule has 0 aliphatic rings. The van der Waals surface area contributed by atoms with E-state index in [-0.39, 0.29) is 0 Å². The van der Waals surface area contributed by atoms with E-state index in [9.17, 15) is 0 Å². The Labute approximate surface area is 99.4 Å². The predicted molar refractivity (Wildman–Crippen MR) is 70.6 cm³/mol. The average Bonchev–Trinajstić information content (AvgIpc) is 2.25. The lowest BCUT2D eigenvalue weighted by Gasteiger charge is -2.26. The van der Waals surface area contributed by atoms with Gasteiger partial charge in [-0.2, -0.15) is 11.8 Å². The van der Waals surface area contributed by atoms with Crippen molar-refractivity contribution in [2.45, 2.75) is 45.1 Å². The van der Waals surface area contributed by atoms with E-state index in [2.05, 4.69) is 25.1 Å². The van der Waals surface area contributed by atoms with E-state index >= 15 is 0 Å². The quantitative estimate of drug-likeness (QED) is 0.587. The number of hydrogen-bond acceptors (Lipinski definition) is 3. The normalized spacial score (nSPS) is 13.4. The second-order valence-electron chi connectivity index (χ2n) is 4.14. The van der Waals surface area contributed by atoms with Crippen molar-refractivity contribution in [2.24, 2.45) is 0 Å². The SMILES string of the molecule is CCC(CSC)N(C)CCCCCCO. The van der Waals surface area contributed by atoms with Crippen LogP contribution in [0.3, 0.4) is 0 Å². The Balaban J connectivity index is 3.48. The molecule has 3 heteroatoms. The van der Waals surface area contributed by atoms with E-state index in [1.807, 2.05) is 11.8 Å². The molecule has 1 atom stereocenters. The molecule has 0 saturated heterocycles. The lowest BCUT2D eigenvalue weighted by molar-refractivity contribution is 0.246. The topological polar surface area (TPSA) is 23.5 Å². The minimum absolute atomic E-state index is 0.347. The second kappa shape index (κ2) is 10.8. The van der Waals surface area contributed by atoms with Gasteiger partial charge in [-0.05, 0) is 39.1 Å². The fraction of sp³-hybridized carbons (Fsp3) is 1.00. The lowest BCUT2D eigenvalue weighted by atomic mass is 10.1. The third-order valence-electron chi connectivity index (χ3n) is 2.87. The summed E-state index contributed by atoms with van der Waals surface area (Å²) in [6.07, 6.45) is 8.07. The predicted octanol–water partition coefficient (Wildman–Crippen LogP) is 2.61. The standard InChI is InChI=1S/C12H27NOS/c1-4-12(11-15-3)13(2)9-7-5-6-8-10-14/h12,14H,4-11H2,1-3H3. The molecule has 0 fully saturated rings. The Bertz CT molecular complexity index is 133. The zero-order chi connectivity index (χ0) is 11.5. The fourth-order valence-corrected chi connectivity index (χ4v) is 2.63. The summed E-state index contributed by atoms with van der Waals surface area (Å²) in [5, 5.41) is 8.66. The van der Waals surface area contributed by atoms with Crippen molar-refractivity contribution in [2.75, 3.05) is 32.2 Å². The van der Waals surface area contributed by atoms with Crippen LogP contribution in [0.4, 0.5) is 0 Å². The van der Waals surface area contributed by atoms with E-state index in [0.717, 1.165) is 12.5 Å². The molecule has 0 rings (SSSR count). The number of thioether (sulfide) groups is 1. The third-order valence-corrected chi connectivity index (χ3v) is 3.59. The smallest absolute Gasteiger partial charge is 0.0431 e. The molecule has 0 aliphatic heterocycles. The highest BCUT2D eigenvalue weighted by Gasteiger charge is 2.10. The Morgan fingerprint density at radius 2 is 1.87 bits per heavy atom. The second-order valence-corrected chi connectivity index (χ2v) is 5.05. The Morgan fingerprint density at radius 3 is 2.40 bits per heavy atom. The summed E-state index contributed by atoms with van der Waals surface area (Å²) in [6, 6.07) is 0.734. The number of hydrogen-bond donors (Lipinski definition) is 1.